The summed E-state index contributed by atoms with van der Waals surface area (Å²) in [6, 6.07) is 2.34. The monoisotopic (exact) mass is 261 g/mol. The van der Waals surface area contributed by atoms with Gasteiger partial charge >= 0.3 is 6.18 Å². The van der Waals surface area contributed by atoms with Crippen molar-refractivity contribution in [3.05, 3.63) is 24.0 Å². The fourth-order valence-corrected chi connectivity index (χ4v) is 1.41. The molecule has 18 heavy (non-hydrogen) atoms. The van der Waals surface area contributed by atoms with Gasteiger partial charge in [-0.25, -0.2) is 4.98 Å². The van der Waals surface area contributed by atoms with Gasteiger partial charge in [-0.3, -0.25) is 4.79 Å². The van der Waals surface area contributed by atoms with Crippen molar-refractivity contribution in [2.45, 2.75) is 26.1 Å². The number of rotatable bonds is 3. The van der Waals surface area contributed by atoms with Gasteiger partial charge in [0.15, 0.2) is 5.69 Å². The molecule has 0 unspecified atom stereocenters. The van der Waals surface area contributed by atoms with E-state index in [2.05, 4.69) is 4.98 Å². The Morgan fingerprint density at radius 1 is 1.50 bits per heavy atom. The van der Waals surface area contributed by atoms with E-state index in [1.54, 1.807) is 0 Å². The molecule has 0 spiro atoms. The maximum absolute atomic E-state index is 12.4. The molecule has 0 saturated carbocycles. The molecule has 4 nitrogen and oxygen atoms in total. The van der Waals surface area contributed by atoms with Gasteiger partial charge in [0.05, 0.1) is 5.69 Å². The third-order valence-corrected chi connectivity index (χ3v) is 2.28. The molecule has 0 radical (unpaired) electrons. The molecule has 100 valence electrons. The van der Waals surface area contributed by atoms with Crippen molar-refractivity contribution in [3.63, 3.8) is 0 Å². The molecule has 0 aliphatic rings. The summed E-state index contributed by atoms with van der Waals surface area (Å²) in [5.74, 6) is -0.819. The summed E-state index contributed by atoms with van der Waals surface area (Å²) in [6.45, 7) is 1.69. The first kappa shape index (κ1) is 14.3. The molecule has 1 rings (SSSR count). The van der Waals surface area contributed by atoms with Crippen molar-refractivity contribution < 1.29 is 18.0 Å². The number of carbonyl (C=O) groups is 1. The van der Waals surface area contributed by atoms with Gasteiger partial charge in [0.1, 0.15) is 6.54 Å². The van der Waals surface area contributed by atoms with Crippen LogP contribution in [0, 0.1) is 0 Å². The SMILES string of the molecule is CC(C)N(CC(F)(F)F)C(=O)c1ncccc1N. The lowest BCUT2D eigenvalue weighted by molar-refractivity contribution is -0.143. The highest BCUT2D eigenvalue weighted by atomic mass is 19.4. The van der Waals surface area contributed by atoms with E-state index in [1.165, 1.54) is 32.2 Å². The molecule has 0 saturated heterocycles. The molecule has 0 fully saturated rings. The largest absolute Gasteiger partial charge is 0.406 e. The molecule has 0 aromatic carbocycles. The standard InChI is InChI=1S/C11H14F3N3O/c1-7(2)17(6-11(12,13)14)10(18)9-8(15)4-3-5-16-9/h3-5,7H,6,15H2,1-2H3. The Balaban J connectivity index is 3.01. The fourth-order valence-electron chi connectivity index (χ4n) is 1.41. The van der Waals surface area contributed by atoms with Crippen LogP contribution in [0.25, 0.3) is 0 Å². The number of anilines is 1. The van der Waals surface area contributed by atoms with E-state index in [-0.39, 0.29) is 11.4 Å². The number of nitrogens with zero attached hydrogens (tertiary/aromatic N) is 2. The zero-order valence-corrected chi connectivity index (χ0v) is 10.0. The van der Waals surface area contributed by atoms with E-state index in [0.29, 0.717) is 4.90 Å². The molecule has 0 atom stereocenters. The fraction of sp³-hybridized carbons (Fsp3) is 0.455. The van der Waals surface area contributed by atoms with Crippen LogP contribution in [-0.4, -0.2) is 34.6 Å². The van der Waals surface area contributed by atoms with Crippen LogP contribution in [0.2, 0.25) is 0 Å². The van der Waals surface area contributed by atoms with Crippen molar-refractivity contribution >= 4 is 11.6 Å². The maximum atomic E-state index is 12.4. The van der Waals surface area contributed by atoms with Gasteiger partial charge in [-0.2, -0.15) is 13.2 Å². The second-order valence-corrected chi connectivity index (χ2v) is 4.08. The van der Waals surface area contributed by atoms with Crippen LogP contribution in [0.5, 0.6) is 0 Å². The second-order valence-electron chi connectivity index (χ2n) is 4.08. The lowest BCUT2D eigenvalue weighted by Crippen LogP contribution is -2.43. The summed E-state index contributed by atoms with van der Waals surface area (Å²) in [7, 11) is 0. The number of nitrogens with two attached hydrogens (primary N) is 1. The number of hydrogen-bond donors (Lipinski definition) is 1. The Morgan fingerprint density at radius 2 is 2.11 bits per heavy atom. The molecule has 2 N–H and O–H groups in total. The minimum Gasteiger partial charge on any atom is -0.397 e. The first-order chi connectivity index (χ1) is 8.22. The quantitative estimate of drug-likeness (QED) is 0.906. The highest BCUT2D eigenvalue weighted by Crippen LogP contribution is 2.20. The van der Waals surface area contributed by atoms with Crippen LogP contribution in [0.15, 0.2) is 18.3 Å². The van der Waals surface area contributed by atoms with Crippen LogP contribution < -0.4 is 5.73 Å². The maximum Gasteiger partial charge on any atom is 0.406 e. The van der Waals surface area contributed by atoms with Gasteiger partial charge in [0.25, 0.3) is 5.91 Å². The van der Waals surface area contributed by atoms with Gasteiger partial charge in [-0.05, 0) is 26.0 Å². The third kappa shape index (κ3) is 3.61. The molecular weight excluding hydrogens is 247 g/mol. The summed E-state index contributed by atoms with van der Waals surface area (Å²) >= 11 is 0. The Labute approximate surface area is 103 Å². The normalized spacial score (nSPS) is 11.7. The van der Waals surface area contributed by atoms with Crippen LogP contribution in [-0.2, 0) is 0 Å². The summed E-state index contributed by atoms with van der Waals surface area (Å²) in [4.78, 5) is 16.4. The molecule has 1 amide bonds. The first-order valence-corrected chi connectivity index (χ1v) is 5.30. The highest BCUT2D eigenvalue weighted by Gasteiger charge is 2.35. The number of aromatic nitrogens is 1. The van der Waals surface area contributed by atoms with Gasteiger partial charge in [-0.1, -0.05) is 0 Å². The Hall–Kier alpha value is -1.79. The molecular formula is C11H14F3N3O. The average Bonchev–Trinajstić information content (AvgIpc) is 2.24. The topological polar surface area (TPSA) is 59.2 Å². The summed E-state index contributed by atoms with van der Waals surface area (Å²) in [6.07, 6.45) is -3.14. The predicted molar refractivity (Wildman–Crippen MR) is 60.9 cm³/mol. The third-order valence-electron chi connectivity index (χ3n) is 2.28. The van der Waals surface area contributed by atoms with E-state index in [4.69, 9.17) is 5.73 Å². The van der Waals surface area contributed by atoms with E-state index >= 15 is 0 Å². The minimum absolute atomic E-state index is 0.0651. The van der Waals surface area contributed by atoms with Crippen molar-refractivity contribution in [2.24, 2.45) is 0 Å². The number of hydrogen-bond acceptors (Lipinski definition) is 3. The number of nitrogen functional groups attached to an aromatic ring is 1. The predicted octanol–water partition coefficient (Wildman–Crippen LogP) is 2.08. The molecule has 7 heteroatoms. The lowest BCUT2D eigenvalue weighted by atomic mass is 10.2. The van der Waals surface area contributed by atoms with Gasteiger partial charge < -0.3 is 10.6 Å². The van der Waals surface area contributed by atoms with Crippen LogP contribution in [0.1, 0.15) is 24.3 Å². The van der Waals surface area contributed by atoms with Crippen molar-refractivity contribution in [1.82, 2.24) is 9.88 Å². The van der Waals surface area contributed by atoms with E-state index in [9.17, 15) is 18.0 Å². The summed E-state index contributed by atoms with van der Waals surface area (Å²) in [5.41, 5.74) is 5.44. The lowest BCUT2D eigenvalue weighted by Gasteiger charge is -2.27. The van der Waals surface area contributed by atoms with Crippen molar-refractivity contribution in [2.75, 3.05) is 12.3 Å². The van der Waals surface area contributed by atoms with Gasteiger partial charge in [0, 0.05) is 12.2 Å². The van der Waals surface area contributed by atoms with E-state index in [0.717, 1.165) is 0 Å². The van der Waals surface area contributed by atoms with Crippen molar-refractivity contribution in [1.29, 1.82) is 0 Å². The zero-order chi connectivity index (χ0) is 13.9. The molecule has 1 heterocycles. The van der Waals surface area contributed by atoms with Gasteiger partial charge in [0.2, 0.25) is 0 Å². The molecule has 1 aromatic rings. The smallest absolute Gasteiger partial charge is 0.397 e. The van der Waals surface area contributed by atoms with Crippen LogP contribution >= 0.6 is 0 Å². The summed E-state index contributed by atoms with van der Waals surface area (Å²) in [5, 5.41) is 0. The molecule has 0 aliphatic heterocycles. The molecule has 1 aromatic heterocycles. The van der Waals surface area contributed by atoms with Crippen LogP contribution in [0.4, 0.5) is 18.9 Å². The van der Waals surface area contributed by atoms with Gasteiger partial charge in [-0.15, -0.1) is 0 Å². The zero-order valence-electron chi connectivity index (χ0n) is 10.0. The molecule has 0 aliphatic carbocycles. The highest BCUT2D eigenvalue weighted by molar-refractivity contribution is 5.97. The number of amides is 1. The molecule has 0 bridgehead atoms. The van der Waals surface area contributed by atoms with Crippen LogP contribution in [0.3, 0.4) is 0 Å². The second kappa shape index (κ2) is 5.24. The Morgan fingerprint density at radius 3 is 2.56 bits per heavy atom. The number of alkyl halides is 3. The van der Waals surface area contributed by atoms with Crippen molar-refractivity contribution in [3.8, 4) is 0 Å². The average molecular weight is 261 g/mol. The van der Waals surface area contributed by atoms with E-state index < -0.39 is 24.7 Å². The summed E-state index contributed by atoms with van der Waals surface area (Å²) < 4.78 is 37.2. The number of carbonyl (C=O) groups excluding carboxylic acids is 1. The Bertz CT molecular complexity index is 432. The van der Waals surface area contributed by atoms with E-state index in [1.807, 2.05) is 0 Å². The first-order valence-electron chi connectivity index (χ1n) is 5.30. The number of halogens is 3. The minimum atomic E-state index is -4.45. The number of pyridine rings is 1. The Kier molecular flexibility index (Phi) is 4.15.